The highest BCUT2D eigenvalue weighted by Crippen LogP contribution is 2.41. The Labute approximate surface area is 171 Å². The van der Waals surface area contributed by atoms with E-state index in [1.807, 2.05) is 0 Å². The largest absolute Gasteiger partial charge is 0.490 e. The van der Waals surface area contributed by atoms with E-state index in [9.17, 15) is 18.3 Å². The maximum atomic E-state index is 13.3. The molecule has 2 aromatic heterocycles. The van der Waals surface area contributed by atoms with Crippen LogP contribution in [0.1, 0.15) is 43.0 Å². The SMILES string of the molecule is OC(c1cnccc1OC1CC1)C1CCN(c2cc(Cl)cnc2C(F)(F)F)CC1. The number of hydrogen-bond donors (Lipinski definition) is 1. The van der Waals surface area contributed by atoms with Crippen molar-refractivity contribution in [1.29, 1.82) is 0 Å². The Morgan fingerprint density at radius 3 is 2.55 bits per heavy atom. The Kier molecular flexibility index (Phi) is 5.57. The van der Waals surface area contributed by atoms with E-state index >= 15 is 0 Å². The molecule has 3 heterocycles. The minimum absolute atomic E-state index is 0.0166. The van der Waals surface area contributed by atoms with Gasteiger partial charge in [-0.1, -0.05) is 11.6 Å². The molecule has 1 unspecified atom stereocenters. The van der Waals surface area contributed by atoms with Crippen molar-refractivity contribution in [3.05, 3.63) is 47.0 Å². The number of aliphatic hydroxyl groups is 1. The van der Waals surface area contributed by atoms with Crippen molar-refractivity contribution in [1.82, 2.24) is 9.97 Å². The first-order valence-electron chi connectivity index (χ1n) is 9.59. The molecule has 2 aliphatic rings. The number of pyridine rings is 2. The van der Waals surface area contributed by atoms with Gasteiger partial charge < -0.3 is 14.7 Å². The third kappa shape index (κ3) is 4.59. The molecule has 2 aromatic rings. The Morgan fingerprint density at radius 1 is 1.17 bits per heavy atom. The number of piperidine rings is 1. The zero-order chi connectivity index (χ0) is 20.6. The van der Waals surface area contributed by atoms with Crippen LogP contribution in [0.15, 0.2) is 30.7 Å². The van der Waals surface area contributed by atoms with E-state index in [2.05, 4.69) is 9.97 Å². The molecule has 1 aliphatic heterocycles. The summed E-state index contributed by atoms with van der Waals surface area (Å²) in [6.07, 6.45) is 2.18. The minimum atomic E-state index is -4.55. The van der Waals surface area contributed by atoms with Crippen LogP contribution in [0.5, 0.6) is 5.75 Å². The van der Waals surface area contributed by atoms with E-state index in [-0.39, 0.29) is 22.7 Å². The lowest BCUT2D eigenvalue weighted by molar-refractivity contribution is -0.140. The highest BCUT2D eigenvalue weighted by Gasteiger charge is 2.38. The zero-order valence-corrected chi connectivity index (χ0v) is 16.3. The molecule has 5 nitrogen and oxygen atoms in total. The van der Waals surface area contributed by atoms with E-state index in [4.69, 9.17) is 16.3 Å². The molecule has 0 spiro atoms. The summed E-state index contributed by atoms with van der Waals surface area (Å²) in [5, 5.41) is 11.1. The van der Waals surface area contributed by atoms with Gasteiger partial charge in [-0.25, -0.2) is 4.98 Å². The second-order valence-electron chi connectivity index (χ2n) is 7.52. The topological polar surface area (TPSA) is 58.5 Å². The van der Waals surface area contributed by atoms with E-state index in [0.29, 0.717) is 37.2 Å². The van der Waals surface area contributed by atoms with Crippen LogP contribution >= 0.6 is 11.6 Å². The maximum absolute atomic E-state index is 13.3. The Morgan fingerprint density at radius 2 is 1.90 bits per heavy atom. The van der Waals surface area contributed by atoms with Crippen molar-refractivity contribution >= 4 is 17.3 Å². The lowest BCUT2D eigenvalue weighted by Crippen LogP contribution is -2.37. The van der Waals surface area contributed by atoms with Gasteiger partial charge in [0, 0.05) is 37.2 Å². The van der Waals surface area contributed by atoms with Crippen LogP contribution < -0.4 is 9.64 Å². The number of aromatic nitrogens is 2. The van der Waals surface area contributed by atoms with Gasteiger partial charge in [0.05, 0.1) is 22.9 Å². The summed E-state index contributed by atoms with van der Waals surface area (Å²) in [7, 11) is 0. The van der Waals surface area contributed by atoms with E-state index < -0.39 is 18.0 Å². The van der Waals surface area contributed by atoms with Crippen molar-refractivity contribution < 1.29 is 23.0 Å². The summed E-state index contributed by atoms with van der Waals surface area (Å²) >= 11 is 5.89. The molecule has 2 fully saturated rings. The Hall–Kier alpha value is -2.06. The normalized spacial score (nSPS) is 19.3. The average molecular weight is 428 g/mol. The molecule has 0 aromatic carbocycles. The van der Waals surface area contributed by atoms with Crippen molar-refractivity contribution in [2.75, 3.05) is 18.0 Å². The summed E-state index contributed by atoms with van der Waals surface area (Å²) in [5.74, 6) is 0.536. The molecule has 0 amide bonds. The van der Waals surface area contributed by atoms with Gasteiger partial charge in [-0.3, -0.25) is 4.98 Å². The number of anilines is 1. The van der Waals surface area contributed by atoms with Gasteiger partial charge in [0.2, 0.25) is 0 Å². The van der Waals surface area contributed by atoms with Gasteiger partial charge in [-0.15, -0.1) is 0 Å². The molecule has 4 rings (SSSR count). The number of hydrogen-bond acceptors (Lipinski definition) is 5. The third-order valence-corrected chi connectivity index (χ3v) is 5.58. The van der Waals surface area contributed by atoms with Crippen molar-refractivity contribution in [3.63, 3.8) is 0 Å². The number of halogens is 4. The summed E-state index contributed by atoms with van der Waals surface area (Å²) in [5.41, 5.74) is -0.316. The van der Waals surface area contributed by atoms with Crippen LogP contribution in [0.4, 0.5) is 18.9 Å². The van der Waals surface area contributed by atoms with Crippen LogP contribution in [-0.2, 0) is 6.18 Å². The predicted molar refractivity (Wildman–Crippen MR) is 102 cm³/mol. The molecule has 1 aliphatic carbocycles. The molecular weight excluding hydrogens is 407 g/mol. The fraction of sp³-hybridized carbons (Fsp3) is 0.500. The first-order valence-corrected chi connectivity index (χ1v) is 9.97. The van der Waals surface area contributed by atoms with Crippen molar-refractivity contribution in [2.24, 2.45) is 5.92 Å². The molecule has 0 bridgehead atoms. The molecular formula is C20H21ClF3N3O2. The van der Waals surface area contributed by atoms with Crippen LogP contribution in [-0.4, -0.2) is 34.3 Å². The van der Waals surface area contributed by atoms with Gasteiger partial charge in [-0.2, -0.15) is 13.2 Å². The quantitative estimate of drug-likeness (QED) is 0.753. The minimum Gasteiger partial charge on any atom is -0.490 e. The molecule has 1 saturated carbocycles. The van der Waals surface area contributed by atoms with Crippen LogP contribution in [0.25, 0.3) is 0 Å². The molecule has 156 valence electrons. The Balaban J connectivity index is 1.47. The Bertz CT molecular complexity index is 868. The molecule has 1 N–H and O–H groups in total. The lowest BCUT2D eigenvalue weighted by atomic mass is 9.87. The molecule has 29 heavy (non-hydrogen) atoms. The maximum Gasteiger partial charge on any atom is 0.435 e. The summed E-state index contributed by atoms with van der Waals surface area (Å²) in [6, 6.07) is 3.05. The fourth-order valence-corrected chi connectivity index (χ4v) is 3.84. The van der Waals surface area contributed by atoms with Crippen LogP contribution in [0.3, 0.4) is 0 Å². The van der Waals surface area contributed by atoms with Gasteiger partial charge in [-0.05, 0) is 43.7 Å². The highest BCUT2D eigenvalue weighted by atomic mass is 35.5. The van der Waals surface area contributed by atoms with E-state index in [0.717, 1.165) is 19.0 Å². The first kappa shape index (κ1) is 20.2. The van der Waals surface area contributed by atoms with Gasteiger partial charge in [0.25, 0.3) is 0 Å². The van der Waals surface area contributed by atoms with E-state index in [1.54, 1.807) is 23.4 Å². The van der Waals surface area contributed by atoms with Gasteiger partial charge in [0.15, 0.2) is 5.69 Å². The number of alkyl halides is 3. The standard InChI is InChI=1S/C20H21ClF3N3O2/c21-13-9-16(19(26-10-13)20(22,23)24)27-7-4-12(5-8-27)18(28)15-11-25-6-3-17(15)29-14-1-2-14/h3,6,9-12,14,18,28H,1-2,4-5,7-8H2. The van der Waals surface area contributed by atoms with Gasteiger partial charge >= 0.3 is 6.18 Å². The first-order chi connectivity index (χ1) is 13.8. The highest BCUT2D eigenvalue weighted by molar-refractivity contribution is 6.30. The number of aliphatic hydroxyl groups excluding tert-OH is 1. The summed E-state index contributed by atoms with van der Waals surface area (Å²) in [4.78, 5) is 9.23. The zero-order valence-electron chi connectivity index (χ0n) is 15.6. The van der Waals surface area contributed by atoms with Crippen LogP contribution in [0, 0.1) is 5.92 Å². The van der Waals surface area contributed by atoms with E-state index in [1.165, 1.54) is 6.07 Å². The molecule has 9 heteroatoms. The third-order valence-electron chi connectivity index (χ3n) is 5.38. The average Bonchev–Trinajstić information content (AvgIpc) is 3.51. The lowest BCUT2D eigenvalue weighted by Gasteiger charge is -2.36. The summed E-state index contributed by atoms with van der Waals surface area (Å²) < 4.78 is 45.8. The molecule has 1 saturated heterocycles. The van der Waals surface area contributed by atoms with Gasteiger partial charge in [0.1, 0.15) is 5.75 Å². The predicted octanol–water partition coefficient (Wildman–Crippen LogP) is 4.64. The smallest absolute Gasteiger partial charge is 0.435 e. The fourth-order valence-electron chi connectivity index (χ4n) is 3.69. The second-order valence-corrected chi connectivity index (χ2v) is 7.96. The number of rotatable bonds is 5. The van der Waals surface area contributed by atoms with Crippen molar-refractivity contribution in [3.8, 4) is 5.75 Å². The summed E-state index contributed by atoms with van der Waals surface area (Å²) in [6.45, 7) is 0.734. The van der Waals surface area contributed by atoms with Crippen molar-refractivity contribution in [2.45, 2.75) is 44.1 Å². The molecule has 1 atom stereocenters. The van der Waals surface area contributed by atoms with Crippen LogP contribution in [0.2, 0.25) is 5.02 Å². The monoisotopic (exact) mass is 427 g/mol. The second kappa shape index (κ2) is 7.99. The molecule has 0 radical (unpaired) electrons. The number of nitrogens with zero attached hydrogens (tertiary/aromatic N) is 3. The number of ether oxygens (including phenoxy) is 1.